The molecule has 122 valence electrons. The number of carboxylic acid groups (broad SMARTS) is 1. The maximum atomic E-state index is 13.0. The number of aliphatic carboxylic acids is 1. The van der Waals surface area contributed by atoms with Gasteiger partial charge >= 0.3 is 5.97 Å². The highest BCUT2D eigenvalue weighted by Gasteiger charge is 2.20. The zero-order valence-electron chi connectivity index (χ0n) is 13.3. The van der Waals surface area contributed by atoms with Gasteiger partial charge in [0.1, 0.15) is 11.6 Å². The third kappa shape index (κ3) is 4.55. The van der Waals surface area contributed by atoms with Crippen molar-refractivity contribution in [3.63, 3.8) is 0 Å². The highest BCUT2D eigenvalue weighted by molar-refractivity contribution is 5.76. The molecular formula is C19H21FO3. The van der Waals surface area contributed by atoms with Gasteiger partial charge in [0.2, 0.25) is 0 Å². The van der Waals surface area contributed by atoms with Crippen LogP contribution < -0.4 is 4.74 Å². The van der Waals surface area contributed by atoms with Gasteiger partial charge in [0.25, 0.3) is 0 Å². The van der Waals surface area contributed by atoms with Gasteiger partial charge < -0.3 is 9.84 Å². The molecule has 0 aliphatic rings. The largest absolute Gasteiger partial charge is 0.493 e. The molecule has 0 radical (unpaired) electrons. The van der Waals surface area contributed by atoms with Gasteiger partial charge in [-0.3, -0.25) is 4.79 Å². The molecule has 0 saturated carbocycles. The van der Waals surface area contributed by atoms with Crippen molar-refractivity contribution < 1.29 is 19.0 Å². The van der Waals surface area contributed by atoms with Crippen LogP contribution in [-0.2, 0) is 4.79 Å². The van der Waals surface area contributed by atoms with Crippen LogP contribution >= 0.6 is 0 Å². The highest BCUT2D eigenvalue weighted by atomic mass is 19.1. The minimum atomic E-state index is -0.933. The van der Waals surface area contributed by atoms with Crippen molar-refractivity contribution in [2.24, 2.45) is 0 Å². The summed E-state index contributed by atoms with van der Waals surface area (Å²) in [6.45, 7) is 4.46. The molecule has 3 nitrogen and oxygen atoms in total. The Bertz CT molecular complexity index is 650. The van der Waals surface area contributed by atoms with Gasteiger partial charge in [-0.15, -0.1) is 0 Å². The van der Waals surface area contributed by atoms with E-state index in [0.717, 1.165) is 11.3 Å². The molecule has 0 fully saturated rings. The van der Waals surface area contributed by atoms with Gasteiger partial charge in [0.15, 0.2) is 0 Å². The van der Waals surface area contributed by atoms with E-state index in [4.69, 9.17) is 4.74 Å². The van der Waals surface area contributed by atoms with Crippen molar-refractivity contribution in [1.29, 1.82) is 0 Å². The summed E-state index contributed by atoms with van der Waals surface area (Å²) in [5.74, 6) is -0.900. The fourth-order valence-electron chi connectivity index (χ4n) is 2.50. The van der Waals surface area contributed by atoms with Crippen LogP contribution in [0.3, 0.4) is 0 Å². The predicted octanol–water partition coefficient (Wildman–Crippen LogP) is 4.59. The van der Waals surface area contributed by atoms with Gasteiger partial charge in [-0.25, -0.2) is 4.39 Å². The molecule has 23 heavy (non-hydrogen) atoms. The molecule has 0 heterocycles. The Kier molecular flexibility index (Phi) is 5.74. The van der Waals surface area contributed by atoms with E-state index in [1.807, 2.05) is 24.3 Å². The lowest BCUT2D eigenvalue weighted by Gasteiger charge is -2.16. The van der Waals surface area contributed by atoms with E-state index < -0.39 is 11.9 Å². The minimum Gasteiger partial charge on any atom is -0.493 e. The molecule has 2 aromatic carbocycles. The third-order valence-corrected chi connectivity index (χ3v) is 3.78. The van der Waals surface area contributed by atoms with Crippen molar-refractivity contribution in [3.05, 3.63) is 65.5 Å². The molecule has 0 spiro atoms. The third-order valence-electron chi connectivity index (χ3n) is 3.78. The van der Waals surface area contributed by atoms with E-state index >= 15 is 0 Å². The van der Waals surface area contributed by atoms with Crippen molar-refractivity contribution in [2.75, 3.05) is 6.61 Å². The van der Waals surface area contributed by atoms with E-state index in [9.17, 15) is 14.3 Å². The zero-order chi connectivity index (χ0) is 16.8. The molecule has 0 aromatic heterocycles. The Hall–Kier alpha value is -2.36. The van der Waals surface area contributed by atoms with Crippen molar-refractivity contribution in [1.82, 2.24) is 0 Å². The molecule has 0 saturated heterocycles. The molecular weight excluding hydrogens is 295 g/mol. The van der Waals surface area contributed by atoms with Crippen LogP contribution in [-0.4, -0.2) is 17.7 Å². The molecule has 0 amide bonds. The zero-order valence-corrected chi connectivity index (χ0v) is 13.3. The Labute approximate surface area is 135 Å². The maximum Gasteiger partial charge on any atom is 0.311 e. The summed E-state index contributed by atoms with van der Waals surface area (Å²) in [6.07, 6.45) is 0.327. The molecule has 4 heteroatoms. The fourth-order valence-corrected chi connectivity index (χ4v) is 2.50. The summed E-state index contributed by atoms with van der Waals surface area (Å²) < 4.78 is 18.8. The first-order chi connectivity index (χ1) is 11.0. The summed E-state index contributed by atoms with van der Waals surface area (Å²) in [6, 6.07) is 13.3. The van der Waals surface area contributed by atoms with Crippen LogP contribution in [0.25, 0.3) is 0 Å². The molecule has 2 rings (SSSR count). The number of hydrogen-bond donors (Lipinski definition) is 1. The average molecular weight is 316 g/mol. The lowest BCUT2D eigenvalue weighted by atomic mass is 9.96. The Morgan fingerprint density at radius 2 is 1.78 bits per heavy atom. The standard InChI is InChI=1S/C19H21FO3/c1-13(2)16-5-3-4-6-18(16)23-12-11-17(19(21)22)14-7-9-15(20)10-8-14/h3-10,13,17H,11-12H2,1-2H3,(H,21,22). The molecule has 0 aliphatic heterocycles. The maximum absolute atomic E-state index is 13.0. The number of rotatable bonds is 7. The van der Waals surface area contributed by atoms with Crippen molar-refractivity contribution in [3.8, 4) is 5.75 Å². The number of benzene rings is 2. The van der Waals surface area contributed by atoms with E-state index in [1.165, 1.54) is 24.3 Å². The summed E-state index contributed by atoms with van der Waals surface area (Å²) >= 11 is 0. The monoisotopic (exact) mass is 316 g/mol. The van der Waals surface area contributed by atoms with Crippen LogP contribution in [0.4, 0.5) is 4.39 Å². The van der Waals surface area contributed by atoms with Gasteiger partial charge in [-0.1, -0.05) is 44.2 Å². The predicted molar refractivity (Wildman–Crippen MR) is 87.4 cm³/mol. The first-order valence-electron chi connectivity index (χ1n) is 7.69. The Morgan fingerprint density at radius 1 is 1.13 bits per heavy atom. The van der Waals surface area contributed by atoms with Gasteiger partial charge in [0, 0.05) is 0 Å². The first-order valence-corrected chi connectivity index (χ1v) is 7.69. The second-order valence-corrected chi connectivity index (χ2v) is 5.77. The summed E-state index contributed by atoms with van der Waals surface area (Å²) in [7, 11) is 0. The van der Waals surface area contributed by atoms with E-state index in [1.54, 1.807) is 0 Å². The van der Waals surface area contributed by atoms with Gasteiger partial charge in [-0.2, -0.15) is 0 Å². The van der Waals surface area contributed by atoms with Gasteiger partial charge in [0.05, 0.1) is 12.5 Å². The Morgan fingerprint density at radius 3 is 2.39 bits per heavy atom. The number of carboxylic acids is 1. The normalized spacial score (nSPS) is 12.2. The molecule has 2 aromatic rings. The number of ether oxygens (including phenoxy) is 1. The van der Waals surface area contributed by atoms with Crippen molar-refractivity contribution in [2.45, 2.75) is 32.1 Å². The van der Waals surface area contributed by atoms with Crippen molar-refractivity contribution >= 4 is 5.97 Å². The summed E-state index contributed by atoms with van der Waals surface area (Å²) in [5.41, 5.74) is 1.68. The average Bonchev–Trinajstić information content (AvgIpc) is 2.52. The number of halogens is 1. The van der Waals surface area contributed by atoms with Crippen LogP contribution in [0, 0.1) is 5.82 Å². The number of hydrogen-bond acceptors (Lipinski definition) is 2. The van der Waals surface area contributed by atoms with Crippen LogP contribution in [0.5, 0.6) is 5.75 Å². The van der Waals surface area contributed by atoms with Crippen LogP contribution in [0.1, 0.15) is 43.2 Å². The quantitative estimate of drug-likeness (QED) is 0.813. The fraction of sp³-hybridized carbons (Fsp3) is 0.316. The van der Waals surface area contributed by atoms with E-state index in [-0.39, 0.29) is 12.4 Å². The number of para-hydroxylation sites is 1. The van der Waals surface area contributed by atoms with E-state index in [0.29, 0.717) is 17.9 Å². The molecule has 0 bridgehead atoms. The lowest BCUT2D eigenvalue weighted by molar-refractivity contribution is -0.139. The van der Waals surface area contributed by atoms with Crippen LogP contribution in [0.2, 0.25) is 0 Å². The summed E-state index contributed by atoms with van der Waals surface area (Å²) in [5, 5.41) is 9.39. The van der Waals surface area contributed by atoms with E-state index in [2.05, 4.69) is 13.8 Å². The molecule has 1 unspecified atom stereocenters. The molecule has 0 aliphatic carbocycles. The summed E-state index contributed by atoms with van der Waals surface area (Å²) in [4.78, 5) is 11.5. The lowest BCUT2D eigenvalue weighted by Crippen LogP contribution is -2.15. The minimum absolute atomic E-state index is 0.290. The number of carbonyl (C=O) groups is 1. The van der Waals surface area contributed by atoms with Gasteiger partial charge in [-0.05, 0) is 41.7 Å². The topological polar surface area (TPSA) is 46.5 Å². The molecule has 1 N–H and O–H groups in total. The second kappa shape index (κ2) is 7.77. The smallest absolute Gasteiger partial charge is 0.311 e. The second-order valence-electron chi connectivity index (χ2n) is 5.77. The molecule has 1 atom stereocenters. The SMILES string of the molecule is CC(C)c1ccccc1OCCC(C(=O)O)c1ccc(F)cc1. The highest BCUT2D eigenvalue weighted by Crippen LogP contribution is 2.27. The van der Waals surface area contributed by atoms with Crippen LogP contribution in [0.15, 0.2) is 48.5 Å². The first kappa shape index (κ1) is 17.0. The Balaban J connectivity index is 2.03.